The summed E-state index contributed by atoms with van der Waals surface area (Å²) in [4.78, 5) is 26.8. The van der Waals surface area contributed by atoms with E-state index >= 15 is 0 Å². The summed E-state index contributed by atoms with van der Waals surface area (Å²) in [6.45, 7) is 1.54. The second-order valence-corrected chi connectivity index (χ2v) is 6.93. The highest BCUT2D eigenvalue weighted by atomic mass is 16.5. The van der Waals surface area contributed by atoms with Gasteiger partial charge in [0.1, 0.15) is 12.6 Å². The van der Waals surface area contributed by atoms with Crippen molar-refractivity contribution in [2.24, 2.45) is 0 Å². The summed E-state index contributed by atoms with van der Waals surface area (Å²) in [6, 6.07) is 11.6. The number of amides is 1. The largest absolute Gasteiger partial charge is 0.370 e. The first-order valence-electron chi connectivity index (χ1n) is 9.25. The zero-order valence-electron chi connectivity index (χ0n) is 14.8. The molecule has 6 heteroatoms. The summed E-state index contributed by atoms with van der Waals surface area (Å²) in [5.41, 5.74) is 2.88. The number of hydrogen-bond donors (Lipinski definition) is 0. The van der Waals surface area contributed by atoms with E-state index in [0.717, 1.165) is 42.5 Å². The first-order chi connectivity index (χ1) is 12.7. The number of aromatic nitrogens is 2. The highest BCUT2D eigenvalue weighted by Gasteiger charge is 2.26. The van der Waals surface area contributed by atoms with Crippen molar-refractivity contribution in [3.05, 3.63) is 63.6 Å². The Bertz CT molecular complexity index is 847. The quantitative estimate of drug-likeness (QED) is 0.843. The maximum absolute atomic E-state index is 12.7. The first-order valence-corrected chi connectivity index (χ1v) is 9.25. The molecule has 136 valence electrons. The van der Waals surface area contributed by atoms with Crippen LogP contribution < -0.4 is 5.56 Å². The molecule has 1 aliphatic carbocycles. The highest BCUT2D eigenvalue weighted by Crippen LogP contribution is 2.22. The molecule has 1 aromatic heterocycles. The van der Waals surface area contributed by atoms with E-state index in [0.29, 0.717) is 19.7 Å². The van der Waals surface area contributed by atoms with Gasteiger partial charge in [-0.1, -0.05) is 30.3 Å². The van der Waals surface area contributed by atoms with Crippen molar-refractivity contribution in [2.75, 3.05) is 19.7 Å². The van der Waals surface area contributed by atoms with Gasteiger partial charge in [0, 0.05) is 12.6 Å². The van der Waals surface area contributed by atoms with Crippen molar-refractivity contribution in [1.82, 2.24) is 14.7 Å². The predicted octanol–water partition coefficient (Wildman–Crippen LogP) is 1.72. The molecule has 0 bridgehead atoms. The van der Waals surface area contributed by atoms with Gasteiger partial charge < -0.3 is 9.64 Å². The Hall–Kier alpha value is -2.47. The number of carbonyl (C=O) groups is 1. The van der Waals surface area contributed by atoms with E-state index in [1.807, 2.05) is 30.3 Å². The second kappa shape index (κ2) is 7.41. The molecule has 6 nitrogen and oxygen atoms in total. The topological polar surface area (TPSA) is 64.4 Å². The van der Waals surface area contributed by atoms with Crippen LogP contribution in [0.2, 0.25) is 0 Å². The van der Waals surface area contributed by atoms with E-state index in [1.54, 1.807) is 11.0 Å². The Kier molecular flexibility index (Phi) is 4.84. The van der Waals surface area contributed by atoms with Gasteiger partial charge in [-0.05, 0) is 36.8 Å². The van der Waals surface area contributed by atoms with Gasteiger partial charge in [-0.3, -0.25) is 9.59 Å². The Morgan fingerprint density at radius 2 is 2.00 bits per heavy atom. The lowest BCUT2D eigenvalue weighted by Gasteiger charge is -2.33. The molecule has 0 saturated carbocycles. The summed E-state index contributed by atoms with van der Waals surface area (Å²) in [7, 11) is 0. The van der Waals surface area contributed by atoms with Gasteiger partial charge in [-0.25, -0.2) is 4.68 Å². The standard InChI is InChI=1S/C20H23N3O3/c24-19-12-16-8-4-5-9-17(16)21-23(19)14-20(25)22-10-11-26-18(13-22)15-6-2-1-3-7-15/h1-3,6-7,12,18H,4-5,8-11,13-14H2/t18-/m1/s1. The molecule has 2 aliphatic rings. The maximum atomic E-state index is 12.7. The number of fused-ring (bicyclic) bond motifs is 1. The van der Waals surface area contributed by atoms with Crippen LogP contribution >= 0.6 is 0 Å². The van der Waals surface area contributed by atoms with Gasteiger partial charge >= 0.3 is 0 Å². The highest BCUT2D eigenvalue weighted by molar-refractivity contribution is 5.76. The third kappa shape index (κ3) is 3.55. The fourth-order valence-corrected chi connectivity index (χ4v) is 3.69. The van der Waals surface area contributed by atoms with Gasteiger partial charge in [-0.15, -0.1) is 0 Å². The predicted molar refractivity (Wildman–Crippen MR) is 96.9 cm³/mol. The lowest BCUT2D eigenvalue weighted by Crippen LogP contribution is -2.45. The number of hydrogen-bond acceptors (Lipinski definition) is 4. The number of carbonyl (C=O) groups excluding carboxylic acids is 1. The van der Waals surface area contributed by atoms with E-state index in [4.69, 9.17) is 4.74 Å². The first kappa shape index (κ1) is 17.0. The van der Waals surface area contributed by atoms with Crippen LogP contribution in [0.3, 0.4) is 0 Å². The van der Waals surface area contributed by atoms with E-state index in [1.165, 1.54) is 4.68 Å². The van der Waals surface area contributed by atoms with Crippen LogP contribution in [-0.2, 0) is 28.9 Å². The summed E-state index contributed by atoms with van der Waals surface area (Å²) in [5, 5.41) is 4.45. The normalized spacial score (nSPS) is 19.8. The van der Waals surface area contributed by atoms with Crippen LogP contribution in [0.5, 0.6) is 0 Å². The third-order valence-electron chi connectivity index (χ3n) is 5.15. The van der Waals surface area contributed by atoms with Gasteiger partial charge in [-0.2, -0.15) is 5.10 Å². The smallest absolute Gasteiger partial charge is 0.267 e. The number of aryl methyl sites for hydroxylation is 2. The second-order valence-electron chi connectivity index (χ2n) is 6.93. The molecule has 0 spiro atoms. The molecule has 1 aromatic carbocycles. The minimum absolute atomic E-state index is 0.00633. The molecule has 26 heavy (non-hydrogen) atoms. The van der Waals surface area contributed by atoms with E-state index < -0.39 is 0 Å². The number of benzene rings is 1. The zero-order valence-corrected chi connectivity index (χ0v) is 14.8. The summed E-state index contributed by atoms with van der Waals surface area (Å²) in [6.07, 6.45) is 3.87. The Morgan fingerprint density at radius 1 is 1.19 bits per heavy atom. The van der Waals surface area contributed by atoms with Crippen LogP contribution in [0.4, 0.5) is 0 Å². The fourth-order valence-electron chi connectivity index (χ4n) is 3.69. The van der Waals surface area contributed by atoms with E-state index in [2.05, 4.69) is 5.10 Å². The van der Waals surface area contributed by atoms with E-state index in [9.17, 15) is 9.59 Å². The summed E-state index contributed by atoms with van der Waals surface area (Å²) >= 11 is 0. The number of rotatable bonds is 3. The van der Waals surface area contributed by atoms with Crippen LogP contribution in [0.25, 0.3) is 0 Å². The summed E-state index contributed by atoms with van der Waals surface area (Å²) < 4.78 is 7.13. The van der Waals surface area contributed by atoms with Crippen molar-refractivity contribution in [3.8, 4) is 0 Å². The molecular weight excluding hydrogens is 330 g/mol. The maximum Gasteiger partial charge on any atom is 0.267 e. The number of morpholine rings is 1. The molecular formula is C20H23N3O3. The number of ether oxygens (including phenoxy) is 1. The molecule has 1 amide bonds. The molecule has 0 unspecified atom stereocenters. The third-order valence-corrected chi connectivity index (χ3v) is 5.15. The van der Waals surface area contributed by atoms with Crippen LogP contribution in [0.15, 0.2) is 41.2 Å². The van der Waals surface area contributed by atoms with Crippen molar-refractivity contribution in [1.29, 1.82) is 0 Å². The van der Waals surface area contributed by atoms with Gasteiger partial charge in [0.2, 0.25) is 5.91 Å². The molecule has 2 heterocycles. The van der Waals surface area contributed by atoms with Crippen LogP contribution in [-0.4, -0.2) is 40.3 Å². The molecule has 1 atom stereocenters. The van der Waals surface area contributed by atoms with Crippen molar-refractivity contribution >= 4 is 5.91 Å². The molecule has 4 rings (SSSR count). The molecule has 0 N–H and O–H groups in total. The summed E-state index contributed by atoms with van der Waals surface area (Å²) in [5.74, 6) is -0.0837. The molecule has 0 radical (unpaired) electrons. The average Bonchev–Trinajstić information content (AvgIpc) is 2.69. The van der Waals surface area contributed by atoms with Crippen LogP contribution in [0.1, 0.15) is 35.8 Å². The molecule has 1 aliphatic heterocycles. The molecule has 2 aromatic rings. The fraction of sp³-hybridized carbons (Fsp3) is 0.450. The average molecular weight is 353 g/mol. The monoisotopic (exact) mass is 353 g/mol. The lowest BCUT2D eigenvalue weighted by atomic mass is 9.97. The van der Waals surface area contributed by atoms with Crippen molar-refractivity contribution < 1.29 is 9.53 Å². The Balaban J connectivity index is 1.47. The van der Waals surface area contributed by atoms with Crippen molar-refractivity contribution in [2.45, 2.75) is 38.3 Å². The zero-order chi connectivity index (χ0) is 17.9. The Morgan fingerprint density at radius 3 is 2.85 bits per heavy atom. The van der Waals surface area contributed by atoms with Crippen LogP contribution in [0, 0.1) is 0 Å². The lowest BCUT2D eigenvalue weighted by molar-refractivity contribution is -0.140. The van der Waals surface area contributed by atoms with Gasteiger partial charge in [0.05, 0.1) is 18.8 Å². The minimum Gasteiger partial charge on any atom is -0.370 e. The minimum atomic E-state index is -0.188. The van der Waals surface area contributed by atoms with E-state index in [-0.39, 0.29) is 24.1 Å². The Labute approximate surface area is 152 Å². The molecule has 1 fully saturated rings. The number of nitrogens with zero attached hydrogens (tertiary/aromatic N) is 3. The van der Waals surface area contributed by atoms with Gasteiger partial charge in [0.25, 0.3) is 5.56 Å². The SMILES string of the molecule is O=C(Cn1nc2c(cc1=O)CCCC2)N1CCO[C@@H](c2ccccc2)C1. The van der Waals surface area contributed by atoms with Crippen molar-refractivity contribution in [3.63, 3.8) is 0 Å². The molecule has 1 saturated heterocycles. The van der Waals surface area contributed by atoms with Gasteiger partial charge in [0.15, 0.2) is 0 Å².